The zero-order valence-corrected chi connectivity index (χ0v) is 26.4. The van der Waals surface area contributed by atoms with Gasteiger partial charge in [0.05, 0.1) is 17.9 Å². The summed E-state index contributed by atoms with van der Waals surface area (Å²) in [6, 6.07) is 0. The molecule has 2 fully saturated rings. The number of allylic oxidation sites excluding steroid dienone is 1. The number of rotatable bonds is 10. The van der Waals surface area contributed by atoms with Crippen molar-refractivity contribution in [2.75, 3.05) is 0 Å². The van der Waals surface area contributed by atoms with Crippen LogP contribution in [0.3, 0.4) is 0 Å². The van der Waals surface area contributed by atoms with E-state index in [1.54, 1.807) is 26.8 Å². The highest BCUT2D eigenvalue weighted by molar-refractivity contribution is 5.91. The molecule has 0 aromatic carbocycles. The molecule has 3 aliphatic carbocycles. The maximum atomic E-state index is 14.3. The van der Waals surface area contributed by atoms with Crippen molar-refractivity contribution >= 4 is 29.5 Å². The van der Waals surface area contributed by atoms with E-state index in [0.29, 0.717) is 12.0 Å². The Morgan fingerprint density at radius 3 is 2.10 bits per heavy atom. The van der Waals surface area contributed by atoms with Gasteiger partial charge in [-0.05, 0) is 70.6 Å². The molecule has 2 saturated carbocycles. The summed E-state index contributed by atoms with van der Waals surface area (Å²) in [5, 5.41) is 43.2. The Morgan fingerprint density at radius 1 is 1.02 bits per heavy atom. The van der Waals surface area contributed by atoms with E-state index >= 15 is 0 Å². The number of esters is 1. The highest BCUT2D eigenvalue weighted by Crippen LogP contribution is 2.73. The number of ketones is 2. The third-order valence-corrected chi connectivity index (χ3v) is 11.5. The van der Waals surface area contributed by atoms with Crippen LogP contribution in [0.5, 0.6) is 0 Å². The Kier molecular flexibility index (Phi) is 8.51. The highest BCUT2D eigenvalue weighted by atomic mass is 16.6. The Morgan fingerprint density at radius 2 is 1.60 bits per heavy atom. The van der Waals surface area contributed by atoms with E-state index in [4.69, 9.17) is 4.74 Å². The number of Topliss-reactive ketones (excluding diaryl/α,β-unsaturated/α-hetero) is 2. The molecule has 0 bridgehead atoms. The lowest BCUT2D eigenvalue weighted by Gasteiger charge is -2.63. The van der Waals surface area contributed by atoms with Crippen LogP contribution in [0, 0.1) is 39.4 Å². The summed E-state index contributed by atoms with van der Waals surface area (Å²) in [6.45, 7) is 14.5. The number of fused-ring (bicyclic) bond motifs is 3. The zero-order valence-electron chi connectivity index (χ0n) is 26.4. The van der Waals surface area contributed by atoms with Crippen molar-refractivity contribution in [1.29, 1.82) is 0 Å². The number of hydrogen-bond acceptors (Lipinski definition) is 8. The van der Waals surface area contributed by atoms with E-state index < -0.39 is 86.8 Å². The fourth-order valence-corrected chi connectivity index (χ4v) is 9.04. The van der Waals surface area contributed by atoms with Crippen LogP contribution in [0.25, 0.3) is 0 Å². The lowest BCUT2D eigenvalue weighted by molar-refractivity contribution is -0.183. The van der Waals surface area contributed by atoms with Gasteiger partial charge < -0.3 is 25.2 Å². The minimum atomic E-state index is -2.01. The molecule has 0 spiro atoms. The van der Waals surface area contributed by atoms with Gasteiger partial charge in [-0.3, -0.25) is 24.0 Å². The number of aliphatic hydroxyl groups excluding tert-OH is 1. The standard InChI is InChI=1S/C32H48O10/c1-17(33)42-27(2,3)13-12-22(35)32(9,41)25-20(34)15-29(6)21-11-10-18(28(4,5)26(39)40)19(14-24(37)38)31(21,8)23(36)16-30(25,29)7/h10,19-21,25,34,41H,11-16H2,1-9H3,(H,37,38)(H,39,40)/t19-,20+,21-,25+,29+,30+,31-,32-/m0/s1. The van der Waals surface area contributed by atoms with Gasteiger partial charge in [-0.2, -0.15) is 0 Å². The van der Waals surface area contributed by atoms with Crippen LogP contribution in [0.15, 0.2) is 11.6 Å². The molecule has 10 heteroatoms. The monoisotopic (exact) mass is 592 g/mol. The van der Waals surface area contributed by atoms with Gasteiger partial charge in [0, 0.05) is 37.0 Å². The second-order valence-electron chi connectivity index (χ2n) is 14.9. The molecule has 0 heterocycles. The smallest absolute Gasteiger partial charge is 0.313 e. The molecule has 0 saturated heterocycles. The van der Waals surface area contributed by atoms with Gasteiger partial charge in [-0.15, -0.1) is 0 Å². The van der Waals surface area contributed by atoms with Crippen LogP contribution < -0.4 is 0 Å². The first-order valence-corrected chi connectivity index (χ1v) is 14.7. The van der Waals surface area contributed by atoms with Gasteiger partial charge in [-0.1, -0.05) is 32.4 Å². The van der Waals surface area contributed by atoms with Crippen molar-refractivity contribution < 1.29 is 49.1 Å². The molecule has 0 amide bonds. The van der Waals surface area contributed by atoms with Gasteiger partial charge in [0.15, 0.2) is 5.78 Å². The fraction of sp³-hybridized carbons (Fsp3) is 0.781. The van der Waals surface area contributed by atoms with Gasteiger partial charge in [0.1, 0.15) is 17.0 Å². The number of hydrogen-bond donors (Lipinski definition) is 4. The van der Waals surface area contributed by atoms with E-state index in [2.05, 4.69) is 0 Å². The molecule has 3 rings (SSSR count). The number of carboxylic acid groups (broad SMARTS) is 2. The first-order chi connectivity index (χ1) is 18.9. The van der Waals surface area contributed by atoms with Crippen molar-refractivity contribution in [3.63, 3.8) is 0 Å². The van der Waals surface area contributed by atoms with Crippen LogP contribution in [0.1, 0.15) is 101 Å². The third-order valence-electron chi connectivity index (χ3n) is 11.5. The average molecular weight is 593 g/mol. The van der Waals surface area contributed by atoms with E-state index in [9.17, 15) is 44.4 Å². The fourth-order valence-electron chi connectivity index (χ4n) is 9.04. The third kappa shape index (κ3) is 5.12. The van der Waals surface area contributed by atoms with Gasteiger partial charge in [0.2, 0.25) is 0 Å². The molecule has 10 nitrogen and oxygen atoms in total. The summed E-state index contributed by atoms with van der Waals surface area (Å²) in [5.74, 6) is -5.89. The number of carbonyl (C=O) groups excluding carboxylic acids is 3. The molecule has 42 heavy (non-hydrogen) atoms. The minimum absolute atomic E-state index is 0.114. The summed E-state index contributed by atoms with van der Waals surface area (Å²) in [5.41, 5.74) is -7.00. The Hall–Kier alpha value is -2.59. The topological polar surface area (TPSA) is 176 Å². The van der Waals surface area contributed by atoms with Crippen molar-refractivity contribution in [2.24, 2.45) is 39.4 Å². The van der Waals surface area contributed by atoms with Crippen LogP contribution in [0.4, 0.5) is 0 Å². The van der Waals surface area contributed by atoms with Crippen LogP contribution in [-0.2, 0) is 28.7 Å². The number of aliphatic hydroxyl groups is 2. The van der Waals surface area contributed by atoms with Crippen LogP contribution in [0.2, 0.25) is 0 Å². The molecule has 236 valence electrons. The first kappa shape index (κ1) is 33.9. The molecule has 0 aromatic heterocycles. The predicted molar refractivity (Wildman–Crippen MR) is 152 cm³/mol. The van der Waals surface area contributed by atoms with Crippen molar-refractivity contribution in [3.8, 4) is 0 Å². The largest absolute Gasteiger partial charge is 0.481 e. The molecule has 0 aromatic rings. The van der Waals surface area contributed by atoms with E-state index in [-0.39, 0.29) is 31.5 Å². The van der Waals surface area contributed by atoms with E-state index in [1.807, 2.05) is 13.8 Å². The Balaban J connectivity index is 2.07. The van der Waals surface area contributed by atoms with Gasteiger partial charge in [-0.25, -0.2) is 0 Å². The lowest BCUT2D eigenvalue weighted by atomic mass is 9.39. The quantitative estimate of drug-likeness (QED) is 0.215. The van der Waals surface area contributed by atoms with E-state index in [0.717, 1.165) is 0 Å². The maximum absolute atomic E-state index is 14.3. The summed E-state index contributed by atoms with van der Waals surface area (Å²) < 4.78 is 5.29. The summed E-state index contributed by atoms with van der Waals surface area (Å²) in [7, 11) is 0. The Labute approximate surface area is 247 Å². The van der Waals surface area contributed by atoms with Crippen LogP contribution >= 0.6 is 0 Å². The minimum Gasteiger partial charge on any atom is -0.481 e. The lowest BCUT2D eigenvalue weighted by Crippen LogP contribution is -2.64. The second kappa shape index (κ2) is 10.5. The molecule has 0 radical (unpaired) electrons. The number of ether oxygens (including phenoxy) is 1. The maximum Gasteiger partial charge on any atom is 0.313 e. The summed E-state index contributed by atoms with van der Waals surface area (Å²) in [6.07, 6.45) is 0.605. The van der Waals surface area contributed by atoms with E-state index in [1.165, 1.54) is 27.7 Å². The molecule has 0 unspecified atom stereocenters. The molecule has 4 N–H and O–H groups in total. The summed E-state index contributed by atoms with van der Waals surface area (Å²) >= 11 is 0. The zero-order chi connectivity index (χ0) is 32.4. The first-order valence-electron chi connectivity index (χ1n) is 14.7. The van der Waals surface area contributed by atoms with Gasteiger partial charge >= 0.3 is 17.9 Å². The molecule has 8 atom stereocenters. The SMILES string of the molecule is CC(=O)OC(C)(C)CCC(=O)[C@](C)(O)[C@@H]1[C@H](O)C[C@]2(C)[C@@H]3CC=C(C(C)(C)C(=O)O)[C@H](CC(=O)O)[C@]3(C)C(=O)C[C@]12C. The molecular formula is C32H48O10. The molecule has 3 aliphatic rings. The number of aliphatic carboxylic acids is 2. The number of carbonyl (C=O) groups is 5. The van der Waals surface area contributed by atoms with Crippen LogP contribution in [-0.4, -0.2) is 67.2 Å². The average Bonchev–Trinajstić information content (AvgIpc) is 3.02. The molecular weight excluding hydrogens is 544 g/mol. The number of carboxylic acids is 2. The highest BCUT2D eigenvalue weighted by Gasteiger charge is 2.74. The summed E-state index contributed by atoms with van der Waals surface area (Å²) in [4.78, 5) is 63.6. The second-order valence-corrected chi connectivity index (χ2v) is 14.9. The predicted octanol–water partition coefficient (Wildman–Crippen LogP) is 3.95. The van der Waals surface area contributed by atoms with Gasteiger partial charge in [0.25, 0.3) is 0 Å². The Bertz CT molecular complexity index is 1210. The normalized spacial score (nSPS) is 36.3. The van der Waals surface area contributed by atoms with Crippen molar-refractivity contribution in [2.45, 2.75) is 118 Å². The van der Waals surface area contributed by atoms with Crippen molar-refractivity contribution in [3.05, 3.63) is 11.6 Å². The van der Waals surface area contributed by atoms with Crippen molar-refractivity contribution in [1.82, 2.24) is 0 Å². The molecule has 0 aliphatic heterocycles.